The molecule has 0 aromatic heterocycles. The SMILES string of the molecule is C#CCCCCNC(=O)N1CCC[C@H]1C(=O)O. The van der Waals surface area contributed by atoms with Gasteiger partial charge in [-0.15, -0.1) is 12.3 Å². The number of likely N-dealkylation sites (tertiary alicyclic amines) is 1. The molecule has 0 radical (unpaired) electrons. The molecule has 2 amide bonds. The lowest BCUT2D eigenvalue weighted by atomic mass is 10.2. The number of terminal acetylenes is 1. The average molecular weight is 238 g/mol. The summed E-state index contributed by atoms with van der Waals surface area (Å²) in [7, 11) is 0. The fourth-order valence-electron chi connectivity index (χ4n) is 1.92. The van der Waals surface area contributed by atoms with Crippen LogP contribution in [0.5, 0.6) is 0 Å². The van der Waals surface area contributed by atoms with E-state index in [2.05, 4.69) is 11.2 Å². The van der Waals surface area contributed by atoms with Crippen LogP contribution in [0.15, 0.2) is 0 Å². The summed E-state index contributed by atoms with van der Waals surface area (Å²) in [6.45, 7) is 1.07. The highest BCUT2D eigenvalue weighted by Crippen LogP contribution is 2.17. The quantitative estimate of drug-likeness (QED) is 0.555. The van der Waals surface area contributed by atoms with Crippen LogP contribution in [-0.4, -0.2) is 41.1 Å². The van der Waals surface area contributed by atoms with E-state index in [0.29, 0.717) is 25.9 Å². The molecule has 0 aliphatic carbocycles. The van der Waals surface area contributed by atoms with Crippen molar-refractivity contribution in [2.24, 2.45) is 0 Å². The van der Waals surface area contributed by atoms with Crippen LogP contribution in [0.25, 0.3) is 0 Å². The van der Waals surface area contributed by atoms with Crippen LogP contribution in [0.1, 0.15) is 32.1 Å². The van der Waals surface area contributed by atoms with Crippen molar-refractivity contribution in [2.75, 3.05) is 13.1 Å². The van der Waals surface area contributed by atoms with E-state index in [4.69, 9.17) is 11.5 Å². The zero-order valence-corrected chi connectivity index (χ0v) is 9.82. The van der Waals surface area contributed by atoms with E-state index in [9.17, 15) is 9.59 Å². The van der Waals surface area contributed by atoms with Gasteiger partial charge in [0, 0.05) is 19.5 Å². The van der Waals surface area contributed by atoms with E-state index in [-0.39, 0.29) is 6.03 Å². The third-order valence-electron chi connectivity index (χ3n) is 2.82. The van der Waals surface area contributed by atoms with Gasteiger partial charge in [0.1, 0.15) is 6.04 Å². The van der Waals surface area contributed by atoms with Gasteiger partial charge in [-0.2, -0.15) is 0 Å². The predicted molar refractivity (Wildman–Crippen MR) is 63.4 cm³/mol. The Morgan fingerprint density at radius 3 is 2.88 bits per heavy atom. The number of nitrogens with one attached hydrogen (secondary N) is 1. The van der Waals surface area contributed by atoms with Gasteiger partial charge in [0.25, 0.3) is 0 Å². The fraction of sp³-hybridized carbons (Fsp3) is 0.667. The van der Waals surface area contributed by atoms with Gasteiger partial charge < -0.3 is 15.3 Å². The second-order valence-corrected chi connectivity index (χ2v) is 4.08. The van der Waals surface area contributed by atoms with E-state index in [1.165, 1.54) is 4.90 Å². The summed E-state index contributed by atoms with van der Waals surface area (Å²) >= 11 is 0. The number of urea groups is 1. The number of unbranched alkanes of at least 4 members (excludes halogenated alkanes) is 2. The first kappa shape index (κ1) is 13.4. The molecule has 1 atom stereocenters. The van der Waals surface area contributed by atoms with E-state index in [1.807, 2.05) is 0 Å². The topological polar surface area (TPSA) is 69.6 Å². The van der Waals surface area contributed by atoms with E-state index in [1.54, 1.807) is 0 Å². The third-order valence-corrected chi connectivity index (χ3v) is 2.82. The Balaban J connectivity index is 2.27. The molecule has 0 aromatic carbocycles. The van der Waals surface area contributed by atoms with Crippen LogP contribution in [0, 0.1) is 12.3 Å². The second kappa shape index (κ2) is 6.79. The van der Waals surface area contributed by atoms with Gasteiger partial charge in [0.05, 0.1) is 0 Å². The Labute approximate surface area is 101 Å². The normalized spacial score (nSPS) is 18.8. The Morgan fingerprint density at radius 2 is 2.24 bits per heavy atom. The monoisotopic (exact) mass is 238 g/mol. The molecule has 0 aromatic rings. The molecule has 1 heterocycles. The summed E-state index contributed by atoms with van der Waals surface area (Å²) < 4.78 is 0. The number of hydrogen-bond donors (Lipinski definition) is 2. The highest BCUT2D eigenvalue weighted by Gasteiger charge is 2.33. The number of amides is 2. The van der Waals surface area contributed by atoms with Crippen molar-refractivity contribution >= 4 is 12.0 Å². The van der Waals surface area contributed by atoms with Crippen molar-refractivity contribution in [2.45, 2.75) is 38.1 Å². The van der Waals surface area contributed by atoms with Gasteiger partial charge in [-0.3, -0.25) is 0 Å². The van der Waals surface area contributed by atoms with Crippen molar-refractivity contribution in [1.29, 1.82) is 0 Å². The zero-order valence-electron chi connectivity index (χ0n) is 9.82. The molecular weight excluding hydrogens is 220 g/mol. The highest BCUT2D eigenvalue weighted by atomic mass is 16.4. The first-order valence-corrected chi connectivity index (χ1v) is 5.87. The number of carboxylic acid groups (broad SMARTS) is 1. The van der Waals surface area contributed by atoms with Gasteiger partial charge >= 0.3 is 12.0 Å². The fourth-order valence-corrected chi connectivity index (χ4v) is 1.92. The lowest BCUT2D eigenvalue weighted by Gasteiger charge is -2.21. The Bertz CT molecular complexity index is 322. The lowest BCUT2D eigenvalue weighted by molar-refractivity contribution is -0.141. The molecule has 0 spiro atoms. The molecule has 94 valence electrons. The molecule has 5 nitrogen and oxygen atoms in total. The standard InChI is InChI=1S/C12H18N2O3/c1-2-3-4-5-8-13-12(17)14-9-6-7-10(14)11(15)16/h1,10H,3-9H2,(H,13,17)(H,15,16)/t10-/m0/s1. The number of carbonyl (C=O) groups excluding carboxylic acids is 1. The van der Waals surface area contributed by atoms with Gasteiger partial charge in [-0.25, -0.2) is 9.59 Å². The van der Waals surface area contributed by atoms with Crippen molar-refractivity contribution in [3.05, 3.63) is 0 Å². The summed E-state index contributed by atoms with van der Waals surface area (Å²) in [5, 5.41) is 11.7. The largest absolute Gasteiger partial charge is 0.480 e. The smallest absolute Gasteiger partial charge is 0.326 e. The van der Waals surface area contributed by atoms with Crippen molar-refractivity contribution in [3.8, 4) is 12.3 Å². The molecular formula is C12H18N2O3. The molecule has 1 aliphatic rings. The van der Waals surface area contributed by atoms with E-state index < -0.39 is 12.0 Å². The average Bonchev–Trinajstić information content (AvgIpc) is 2.77. The summed E-state index contributed by atoms with van der Waals surface area (Å²) in [4.78, 5) is 24.0. The van der Waals surface area contributed by atoms with Crippen LogP contribution in [0.3, 0.4) is 0 Å². The Kier molecular flexibility index (Phi) is 5.34. The van der Waals surface area contributed by atoms with Crippen molar-refractivity contribution in [3.63, 3.8) is 0 Å². The molecule has 0 saturated carbocycles. The van der Waals surface area contributed by atoms with Gasteiger partial charge in [-0.1, -0.05) is 0 Å². The summed E-state index contributed by atoms with van der Waals surface area (Å²) in [5.74, 6) is 1.61. The van der Waals surface area contributed by atoms with Gasteiger partial charge in [0.2, 0.25) is 0 Å². The molecule has 1 aliphatic heterocycles. The summed E-state index contributed by atoms with van der Waals surface area (Å²) in [5.41, 5.74) is 0. The number of rotatable bonds is 5. The Morgan fingerprint density at radius 1 is 1.47 bits per heavy atom. The van der Waals surface area contributed by atoms with E-state index >= 15 is 0 Å². The molecule has 0 bridgehead atoms. The highest BCUT2D eigenvalue weighted by molar-refractivity contribution is 5.83. The summed E-state index contributed by atoms with van der Waals surface area (Å²) in [6, 6.07) is -0.948. The van der Waals surface area contributed by atoms with Crippen molar-refractivity contribution < 1.29 is 14.7 Å². The molecule has 0 unspecified atom stereocenters. The van der Waals surface area contributed by atoms with Crippen molar-refractivity contribution in [1.82, 2.24) is 10.2 Å². The number of hydrogen-bond acceptors (Lipinski definition) is 2. The van der Waals surface area contributed by atoms with Crippen LogP contribution in [0.4, 0.5) is 4.79 Å². The molecule has 1 saturated heterocycles. The minimum atomic E-state index is -0.926. The third kappa shape index (κ3) is 3.99. The number of carboxylic acids is 1. The van der Waals surface area contributed by atoms with Gasteiger partial charge in [0.15, 0.2) is 0 Å². The maximum Gasteiger partial charge on any atom is 0.326 e. The second-order valence-electron chi connectivity index (χ2n) is 4.08. The lowest BCUT2D eigenvalue weighted by Crippen LogP contribution is -2.46. The first-order valence-electron chi connectivity index (χ1n) is 5.87. The zero-order chi connectivity index (χ0) is 12.7. The van der Waals surface area contributed by atoms with Crippen LogP contribution >= 0.6 is 0 Å². The Hall–Kier alpha value is -1.70. The summed E-state index contributed by atoms with van der Waals surface area (Å²) in [6.07, 6.45) is 8.80. The molecule has 2 N–H and O–H groups in total. The minimum Gasteiger partial charge on any atom is -0.480 e. The number of nitrogens with zero attached hydrogens (tertiary/aromatic N) is 1. The molecule has 1 rings (SSSR count). The van der Waals surface area contributed by atoms with Crippen LogP contribution in [-0.2, 0) is 4.79 Å². The molecule has 5 heteroatoms. The number of carbonyl (C=O) groups is 2. The minimum absolute atomic E-state index is 0.282. The predicted octanol–water partition coefficient (Wildman–Crippen LogP) is 1.05. The van der Waals surface area contributed by atoms with Gasteiger partial charge in [-0.05, 0) is 25.7 Å². The maximum atomic E-state index is 11.7. The molecule has 17 heavy (non-hydrogen) atoms. The van der Waals surface area contributed by atoms with Crippen LogP contribution < -0.4 is 5.32 Å². The van der Waals surface area contributed by atoms with Crippen LogP contribution in [0.2, 0.25) is 0 Å². The first-order chi connectivity index (χ1) is 8.16. The molecule has 1 fully saturated rings. The van der Waals surface area contributed by atoms with E-state index in [0.717, 1.165) is 19.3 Å². The maximum absolute atomic E-state index is 11.7. The number of aliphatic carboxylic acids is 1.